The number of ether oxygens (including phenoxy) is 1. The molecule has 0 radical (unpaired) electrons. The van der Waals surface area contributed by atoms with E-state index in [1.54, 1.807) is 18.3 Å². The van der Waals surface area contributed by atoms with Crippen LogP contribution < -0.4 is 5.32 Å². The Balaban J connectivity index is 1.65. The SMILES string of the molecule is O=C(NCC=Cc1cnoc1)OCc1ccccc1. The van der Waals surface area contributed by atoms with Gasteiger partial charge in [-0.3, -0.25) is 0 Å². The summed E-state index contributed by atoms with van der Waals surface area (Å²) in [6.07, 6.45) is 6.25. The molecule has 2 aromatic rings. The van der Waals surface area contributed by atoms with Crippen LogP contribution in [0, 0.1) is 0 Å². The summed E-state index contributed by atoms with van der Waals surface area (Å²) in [4.78, 5) is 11.4. The second-order valence-corrected chi connectivity index (χ2v) is 3.80. The Bertz CT molecular complexity index is 521. The molecular weight excluding hydrogens is 244 g/mol. The molecule has 1 heterocycles. The highest BCUT2D eigenvalue weighted by atomic mass is 16.5. The summed E-state index contributed by atoms with van der Waals surface area (Å²) >= 11 is 0. The first kappa shape index (κ1) is 12.9. The zero-order chi connectivity index (χ0) is 13.3. The Morgan fingerprint density at radius 3 is 2.95 bits per heavy atom. The predicted molar refractivity (Wildman–Crippen MR) is 70.2 cm³/mol. The lowest BCUT2D eigenvalue weighted by atomic mass is 10.2. The van der Waals surface area contributed by atoms with E-state index in [1.807, 2.05) is 30.3 Å². The fraction of sp³-hybridized carbons (Fsp3) is 0.143. The van der Waals surface area contributed by atoms with Crippen LogP contribution in [0.1, 0.15) is 11.1 Å². The molecule has 0 fully saturated rings. The van der Waals surface area contributed by atoms with Crippen LogP contribution in [0.5, 0.6) is 0 Å². The molecule has 5 heteroatoms. The summed E-state index contributed by atoms with van der Waals surface area (Å²) in [6.45, 7) is 0.654. The van der Waals surface area contributed by atoms with E-state index in [0.717, 1.165) is 11.1 Å². The van der Waals surface area contributed by atoms with Gasteiger partial charge in [0.1, 0.15) is 12.9 Å². The first-order chi connectivity index (χ1) is 9.34. The number of benzene rings is 1. The monoisotopic (exact) mass is 258 g/mol. The van der Waals surface area contributed by atoms with Crippen LogP contribution in [0.2, 0.25) is 0 Å². The highest BCUT2D eigenvalue weighted by Crippen LogP contribution is 2.00. The number of hydrogen-bond donors (Lipinski definition) is 1. The molecule has 5 nitrogen and oxygen atoms in total. The van der Waals surface area contributed by atoms with Crippen LogP contribution >= 0.6 is 0 Å². The van der Waals surface area contributed by atoms with Gasteiger partial charge in [0.05, 0.1) is 6.20 Å². The second kappa shape index (κ2) is 7.00. The van der Waals surface area contributed by atoms with Crippen LogP contribution in [0.15, 0.2) is 53.4 Å². The van der Waals surface area contributed by atoms with Gasteiger partial charge in [0.25, 0.3) is 0 Å². The maximum absolute atomic E-state index is 11.4. The lowest BCUT2D eigenvalue weighted by Gasteiger charge is -2.04. The number of carbonyl (C=O) groups excluding carboxylic acids is 1. The van der Waals surface area contributed by atoms with Crippen molar-refractivity contribution in [2.24, 2.45) is 0 Å². The molecule has 0 unspecified atom stereocenters. The van der Waals surface area contributed by atoms with E-state index in [-0.39, 0.29) is 6.61 Å². The van der Waals surface area contributed by atoms with Crippen LogP contribution in [0.25, 0.3) is 6.08 Å². The molecule has 2 rings (SSSR count). The Labute approximate surface area is 110 Å². The largest absolute Gasteiger partial charge is 0.445 e. The topological polar surface area (TPSA) is 64.4 Å². The van der Waals surface area contributed by atoms with E-state index in [9.17, 15) is 4.79 Å². The third-order valence-corrected chi connectivity index (χ3v) is 2.34. The van der Waals surface area contributed by atoms with E-state index in [2.05, 4.69) is 15.0 Å². The van der Waals surface area contributed by atoms with Crippen molar-refractivity contribution >= 4 is 12.2 Å². The molecule has 98 valence electrons. The molecule has 0 saturated heterocycles. The van der Waals surface area contributed by atoms with Crippen molar-refractivity contribution in [2.75, 3.05) is 6.54 Å². The minimum Gasteiger partial charge on any atom is -0.445 e. The standard InChI is InChI=1S/C14H14N2O3/c17-14(18-10-12-5-2-1-3-6-12)15-8-4-7-13-9-16-19-11-13/h1-7,9,11H,8,10H2,(H,15,17). The van der Waals surface area contributed by atoms with Gasteiger partial charge in [0.2, 0.25) is 0 Å². The van der Waals surface area contributed by atoms with E-state index >= 15 is 0 Å². The van der Waals surface area contributed by atoms with Crippen molar-refractivity contribution < 1.29 is 14.1 Å². The molecule has 0 aliphatic heterocycles. The van der Waals surface area contributed by atoms with Crippen molar-refractivity contribution in [3.63, 3.8) is 0 Å². The van der Waals surface area contributed by atoms with Gasteiger partial charge in [-0.05, 0) is 5.56 Å². The minimum atomic E-state index is -0.446. The number of amides is 1. The number of nitrogens with zero attached hydrogens (tertiary/aromatic N) is 1. The fourth-order valence-electron chi connectivity index (χ4n) is 1.41. The average molecular weight is 258 g/mol. The van der Waals surface area contributed by atoms with E-state index in [1.165, 1.54) is 6.26 Å². The molecule has 0 bridgehead atoms. The molecule has 1 aromatic carbocycles. The van der Waals surface area contributed by atoms with Gasteiger partial charge in [-0.15, -0.1) is 0 Å². The summed E-state index contributed by atoms with van der Waals surface area (Å²) in [5.41, 5.74) is 1.80. The molecule has 19 heavy (non-hydrogen) atoms. The number of rotatable bonds is 5. The molecule has 0 atom stereocenters. The van der Waals surface area contributed by atoms with Gasteiger partial charge in [-0.2, -0.15) is 0 Å². The van der Waals surface area contributed by atoms with Crippen molar-refractivity contribution in [3.8, 4) is 0 Å². The average Bonchev–Trinajstić information content (AvgIpc) is 2.96. The van der Waals surface area contributed by atoms with Gasteiger partial charge < -0.3 is 14.6 Å². The fourth-order valence-corrected chi connectivity index (χ4v) is 1.41. The summed E-state index contributed by atoms with van der Waals surface area (Å²) < 4.78 is 9.72. The first-order valence-corrected chi connectivity index (χ1v) is 5.85. The van der Waals surface area contributed by atoms with Gasteiger partial charge in [0.15, 0.2) is 0 Å². The molecule has 1 aromatic heterocycles. The van der Waals surface area contributed by atoms with Crippen molar-refractivity contribution in [2.45, 2.75) is 6.61 Å². The Hall–Kier alpha value is -2.56. The van der Waals surface area contributed by atoms with Crippen LogP contribution in [0.3, 0.4) is 0 Å². The Morgan fingerprint density at radius 2 is 2.21 bits per heavy atom. The summed E-state index contributed by atoms with van der Waals surface area (Å²) in [5.74, 6) is 0. The van der Waals surface area contributed by atoms with E-state index in [4.69, 9.17) is 4.74 Å². The number of carbonyl (C=O) groups is 1. The Morgan fingerprint density at radius 1 is 1.37 bits per heavy atom. The molecule has 0 spiro atoms. The smallest absolute Gasteiger partial charge is 0.407 e. The normalized spacial score (nSPS) is 10.5. The van der Waals surface area contributed by atoms with Gasteiger partial charge in [0, 0.05) is 12.1 Å². The maximum atomic E-state index is 11.4. The van der Waals surface area contributed by atoms with Gasteiger partial charge >= 0.3 is 6.09 Å². The number of hydrogen-bond acceptors (Lipinski definition) is 4. The lowest BCUT2D eigenvalue weighted by molar-refractivity contribution is 0.141. The molecular formula is C14H14N2O3. The number of aromatic nitrogens is 1. The summed E-state index contributed by atoms with van der Waals surface area (Å²) in [6, 6.07) is 9.52. The van der Waals surface area contributed by atoms with Crippen LogP contribution in [0.4, 0.5) is 4.79 Å². The molecule has 0 aliphatic carbocycles. The molecule has 1 amide bonds. The third-order valence-electron chi connectivity index (χ3n) is 2.34. The Kier molecular flexibility index (Phi) is 4.75. The van der Waals surface area contributed by atoms with E-state index in [0.29, 0.717) is 6.54 Å². The quantitative estimate of drug-likeness (QED) is 0.895. The summed E-state index contributed by atoms with van der Waals surface area (Å²) in [5, 5.41) is 6.18. The zero-order valence-electron chi connectivity index (χ0n) is 10.3. The number of alkyl carbamates (subject to hydrolysis) is 1. The summed E-state index contributed by atoms with van der Waals surface area (Å²) in [7, 11) is 0. The molecule has 0 aliphatic rings. The van der Waals surface area contributed by atoms with Gasteiger partial charge in [-0.25, -0.2) is 4.79 Å². The van der Waals surface area contributed by atoms with Crippen molar-refractivity contribution in [1.82, 2.24) is 10.5 Å². The lowest BCUT2D eigenvalue weighted by Crippen LogP contribution is -2.24. The van der Waals surface area contributed by atoms with Crippen LogP contribution in [-0.2, 0) is 11.3 Å². The molecule has 0 saturated carbocycles. The minimum absolute atomic E-state index is 0.266. The highest BCUT2D eigenvalue weighted by Gasteiger charge is 2.00. The van der Waals surface area contributed by atoms with Crippen LogP contribution in [-0.4, -0.2) is 17.8 Å². The maximum Gasteiger partial charge on any atom is 0.407 e. The predicted octanol–water partition coefficient (Wildman–Crippen LogP) is 2.61. The van der Waals surface area contributed by atoms with Gasteiger partial charge in [-0.1, -0.05) is 47.6 Å². The zero-order valence-corrected chi connectivity index (χ0v) is 10.3. The third kappa shape index (κ3) is 4.67. The van der Waals surface area contributed by atoms with E-state index < -0.39 is 6.09 Å². The number of nitrogens with one attached hydrogen (secondary N) is 1. The van der Waals surface area contributed by atoms with Crippen molar-refractivity contribution in [3.05, 3.63) is 60.0 Å². The molecule has 1 N–H and O–H groups in total. The van der Waals surface area contributed by atoms with Crippen molar-refractivity contribution in [1.29, 1.82) is 0 Å². The second-order valence-electron chi connectivity index (χ2n) is 3.80. The highest BCUT2D eigenvalue weighted by molar-refractivity contribution is 5.67. The first-order valence-electron chi connectivity index (χ1n) is 5.85.